The van der Waals surface area contributed by atoms with Gasteiger partial charge in [0.25, 0.3) is 0 Å². The number of nitrogens with one attached hydrogen (secondary N) is 3. The first kappa shape index (κ1) is 22.7. The first-order chi connectivity index (χ1) is 16.4. The molecule has 1 aliphatic rings. The summed E-state index contributed by atoms with van der Waals surface area (Å²) in [6, 6.07) is 12.7. The summed E-state index contributed by atoms with van der Waals surface area (Å²) in [6.45, 7) is 1.93. The molecule has 0 radical (unpaired) electrons. The van der Waals surface area contributed by atoms with Crippen molar-refractivity contribution in [2.75, 3.05) is 37.8 Å². The molecule has 3 aromatic heterocycles. The minimum absolute atomic E-state index is 0.236. The Labute approximate surface area is 202 Å². The second-order valence-corrected chi connectivity index (χ2v) is 11.3. The molecule has 0 unspecified atom stereocenters. The standard InChI is InChI=1S/C23H25N7O2S2/c1-30(2)34(31,32)18-5-3-16(4-6-18)26-20-13-15(7-11-25-20)22-28-19-9-12-33-21(19)23(29-22)27-17-8-10-24-14-17/h3-7,9,11-13,17,24H,8,10,14H2,1-2H3,(H,25,26)(H,27,28,29)/t17-/m1/s1. The smallest absolute Gasteiger partial charge is 0.242 e. The van der Waals surface area contributed by atoms with E-state index >= 15 is 0 Å². The molecule has 11 heteroatoms. The largest absolute Gasteiger partial charge is 0.365 e. The molecule has 4 heterocycles. The first-order valence-electron chi connectivity index (χ1n) is 10.9. The number of anilines is 3. The van der Waals surface area contributed by atoms with Crippen molar-refractivity contribution in [2.24, 2.45) is 0 Å². The van der Waals surface area contributed by atoms with Gasteiger partial charge in [-0.1, -0.05) is 0 Å². The Morgan fingerprint density at radius 2 is 1.94 bits per heavy atom. The Kier molecular flexibility index (Phi) is 6.17. The average molecular weight is 496 g/mol. The predicted octanol–water partition coefficient (Wildman–Crippen LogP) is 3.52. The van der Waals surface area contributed by atoms with E-state index in [1.165, 1.54) is 18.4 Å². The zero-order valence-corrected chi connectivity index (χ0v) is 20.4. The number of fused-ring (bicyclic) bond motifs is 1. The van der Waals surface area contributed by atoms with Gasteiger partial charge in [-0.05, 0) is 60.8 Å². The zero-order valence-electron chi connectivity index (χ0n) is 18.8. The predicted molar refractivity (Wildman–Crippen MR) is 136 cm³/mol. The fraction of sp³-hybridized carbons (Fsp3) is 0.261. The Balaban J connectivity index is 1.41. The SMILES string of the molecule is CN(C)S(=O)(=O)c1ccc(Nc2cc(-c3nc(N[C@@H]4CCNC4)c4sccc4n3)ccn2)cc1. The molecular formula is C23H25N7O2S2. The van der Waals surface area contributed by atoms with Gasteiger partial charge in [-0.25, -0.2) is 27.7 Å². The van der Waals surface area contributed by atoms with Gasteiger partial charge in [-0.3, -0.25) is 0 Å². The van der Waals surface area contributed by atoms with E-state index in [2.05, 4.69) is 20.9 Å². The molecule has 1 aliphatic heterocycles. The first-order valence-corrected chi connectivity index (χ1v) is 13.2. The number of thiophene rings is 1. The highest BCUT2D eigenvalue weighted by molar-refractivity contribution is 7.89. The molecule has 34 heavy (non-hydrogen) atoms. The van der Waals surface area contributed by atoms with E-state index < -0.39 is 10.0 Å². The molecule has 1 fully saturated rings. The molecule has 1 saturated heterocycles. The molecule has 0 saturated carbocycles. The van der Waals surface area contributed by atoms with Crippen molar-refractivity contribution in [3.8, 4) is 11.4 Å². The molecule has 5 rings (SSSR count). The van der Waals surface area contributed by atoms with Gasteiger partial charge in [0, 0.05) is 44.1 Å². The van der Waals surface area contributed by atoms with Gasteiger partial charge in [0.2, 0.25) is 10.0 Å². The quantitative estimate of drug-likeness (QED) is 0.357. The Hall–Kier alpha value is -3.12. The summed E-state index contributed by atoms with van der Waals surface area (Å²) < 4.78 is 26.8. The second kappa shape index (κ2) is 9.26. The molecule has 0 amide bonds. The van der Waals surface area contributed by atoms with Crippen molar-refractivity contribution < 1.29 is 8.42 Å². The minimum atomic E-state index is -3.47. The summed E-state index contributed by atoms with van der Waals surface area (Å²) in [4.78, 5) is 14.2. The highest BCUT2D eigenvalue weighted by atomic mass is 32.2. The Morgan fingerprint density at radius 1 is 1.12 bits per heavy atom. The summed E-state index contributed by atoms with van der Waals surface area (Å²) in [6.07, 6.45) is 2.77. The minimum Gasteiger partial charge on any atom is -0.365 e. The number of hydrogen-bond acceptors (Lipinski definition) is 9. The number of sulfonamides is 1. The van der Waals surface area contributed by atoms with Crippen molar-refractivity contribution in [2.45, 2.75) is 17.4 Å². The molecule has 0 aliphatic carbocycles. The molecule has 3 N–H and O–H groups in total. The van der Waals surface area contributed by atoms with Gasteiger partial charge in [0.15, 0.2) is 5.82 Å². The van der Waals surface area contributed by atoms with Crippen molar-refractivity contribution in [1.82, 2.24) is 24.6 Å². The summed E-state index contributed by atoms with van der Waals surface area (Å²) in [5.74, 6) is 2.09. The Morgan fingerprint density at radius 3 is 2.68 bits per heavy atom. The van der Waals surface area contributed by atoms with Crippen LogP contribution in [0.25, 0.3) is 21.6 Å². The number of hydrogen-bond donors (Lipinski definition) is 3. The van der Waals surface area contributed by atoms with Crippen molar-refractivity contribution in [3.05, 3.63) is 54.0 Å². The summed E-state index contributed by atoms with van der Waals surface area (Å²) in [5, 5.41) is 12.2. The van der Waals surface area contributed by atoms with Crippen LogP contribution in [0.3, 0.4) is 0 Å². The van der Waals surface area contributed by atoms with Crippen LogP contribution in [0.4, 0.5) is 17.3 Å². The van der Waals surface area contributed by atoms with E-state index in [4.69, 9.17) is 9.97 Å². The van der Waals surface area contributed by atoms with Crippen molar-refractivity contribution in [1.29, 1.82) is 0 Å². The summed E-state index contributed by atoms with van der Waals surface area (Å²) in [7, 11) is -0.447. The molecule has 0 bridgehead atoms. The highest BCUT2D eigenvalue weighted by Crippen LogP contribution is 2.31. The van der Waals surface area contributed by atoms with E-state index in [-0.39, 0.29) is 4.90 Å². The van der Waals surface area contributed by atoms with E-state index in [1.54, 1.807) is 41.8 Å². The van der Waals surface area contributed by atoms with Gasteiger partial charge in [-0.2, -0.15) is 0 Å². The lowest BCUT2D eigenvalue weighted by molar-refractivity contribution is 0.521. The van der Waals surface area contributed by atoms with Gasteiger partial charge in [-0.15, -0.1) is 11.3 Å². The molecule has 9 nitrogen and oxygen atoms in total. The fourth-order valence-corrected chi connectivity index (χ4v) is 5.45. The van der Waals surface area contributed by atoms with Crippen LogP contribution in [0.5, 0.6) is 0 Å². The van der Waals surface area contributed by atoms with E-state index in [0.717, 1.165) is 46.8 Å². The van der Waals surface area contributed by atoms with Crippen LogP contribution in [0.1, 0.15) is 6.42 Å². The maximum absolute atomic E-state index is 12.3. The van der Waals surface area contributed by atoms with Crippen LogP contribution in [0.2, 0.25) is 0 Å². The topological polar surface area (TPSA) is 112 Å². The number of pyridine rings is 1. The third-order valence-electron chi connectivity index (χ3n) is 5.63. The number of aromatic nitrogens is 3. The van der Waals surface area contributed by atoms with Crippen LogP contribution in [0, 0.1) is 0 Å². The maximum atomic E-state index is 12.3. The van der Waals surface area contributed by atoms with Crippen LogP contribution in [-0.4, -0.2) is 60.9 Å². The average Bonchev–Trinajstić information content (AvgIpc) is 3.51. The summed E-state index contributed by atoms with van der Waals surface area (Å²) in [5.41, 5.74) is 2.48. The van der Waals surface area contributed by atoms with Gasteiger partial charge < -0.3 is 16.0 Å². The lowest BCUT2D eigenvalue weighted by Gasteiger charge is -2.14. The van der Waals surface area contributed by atoms with E-state index in [0.29, 0.717) is 17.7 Å². The van der Waals surface area contributed by atoms with Crippen molar-refractivity contribution >= 4 is 48.9 Å². The number of nitrogens with zero attached hydrogens (tertiary/aromatic N) is 4. The van der Waals surface area contributed by atoms with E-state index in [1.807, 2.05) is 23.6 Å². The lowest BCUT2D eigenvalue weighted by Crippen LogP contribution is -2.22. The number of benzene rings is 1. The van der Waals surface area contributed by atoms with Gasteiger partial charge in [0.1, 0.15) is 11.6 Å². The van der Waals surface area contributed by atoms with Crippen LogP contribution in [-0.2, 0) is 10.0 Å². The van der Waals surface area contributed by atoms with Gasteiger partial charge >= 0.3 is 0 Å². The molecule has 1 atom stereocenters. The monoisotopic (exact) mass is 495 g/mol. The molecule has 0 spiro atoms. The normalized spacial score (nSPS) is 16.3. The second-order valence-electron chi connectivity index (χ2n) is 8.23. The molecule has 1 aromatic carbocycles. The molecular weight excluding hydrogens is 470 g/mol. The van der Waals surface area contributed by atoms with Crippen LogP contribution >= 0.6 is 11.3 Å². The Bertz CT molecular complexity index is 1410. The molecule has 176 valence electrons. The number of rotatable bonds is 7. The van der Waals surface area contributed by atoms with Crippen LogP contribution < -0.4 is 16.0 Å². The fourth-order valence-electron chi connectivity index (χ4n) is 3.77. The highest BCUT2D eigenvalue weighted by Gasteiger charge is 2.19. The maximum Gasteiger partial charge on any atom is 0.242 e. The molecule has 4 aromatic rings. The van der Waals surface area contributed by atoms with Gasteiger partial charge in [0.05, 0.1) is 15.1 Å². The third kappa shape index (κ3) is 4.60. The summed E-state index contributed by atoms with van der Waals surface area (Å²) >= 11 is 1.63. The third-order valence-corrected chi connectivity index (χ3v) is 8.37. The zero-order chi connectivity index (χ0) is 23.7. The van der Waals surface area contributed by atoms with Crippen LogP contribution in [0.15, 0.2) is 58.9 Å². The van der Waals surface area contributed by atoms with Crippen molar-refractivity contribution in [3.63, 3.8) is 0 Å². The lowest BCUT2D eigenvalue weighted by atomic mass is 10.2. The van der Waals surface area contributed by atoms with E-state index in [9.17, 15) is 8.42 Å².